The molecular weight excluding hydrogens is 901 g/mol. The van der Waals surface area contributed by atoms with Crippen LogP contribution in [0.1, 0.15) is 96.1 Å². The molecule has 366 valence electrons. The van der Waals surface area contributed by atoms with Crippen molar-refractivity contribution in [2.24, 2.45) is 0 Å². The molecule has 73 heavy (non-hydrogen) atoms. The van der Waals surface area contributed by atoms with Crippen LogP contribution in [0.4, 0.5) is 22.9 Å². The fraction of sp³-hybridized carbons (Fsp3) is 0.258. The second kappa shape index (κ2) is 22.9. The maximum absolute atomic E-state index is 6.55. The number of benzene rings is 5. The van der Waals surface area contributed by atoms with E-state index in [0.717, 1.165) is 196 Å². The topological polar surface area (TPSA) is 128 Å². The van der Waals surface area contributed by atoms with Crippen LogP contribution in [0.5, 0.6) is 11.5 Å². The zero-order chi connectivity index (χ0) is 49.9. The normalized spacial score (nSPS) is 11.8. The third-order valence-corrected chi connectivity index (χ3v) is 13.3. The minimum Gasteiger partial charge on any atom is -0.453 e. The number of hydrogen-bond acceptors (Lipinski definition) is 11. The SMILES string of the molecule is CCCCNc1cnc(-c2cc(-c3cc(-c4cc(-c5cnc(CCCC)cn5)cc(-c5cnc(CCCC)cn5)c4)cc(N4c5ccccc5Oc5ccccc54)c3)cc(-c3cnc(CCCC)cn3)c2)cn1. The fourth-order valence-electron chi connectivity index (χ4n) is 9.17. The molecule has 0 saturated heterocycles. The van der Waals surface area contributed by atoms with Gasteiger partial charge in [-0.15, -0.1) is 0 Å². The molecule has 9 aromatic rings. The van der Waals surface area contributed by atoms with E-state index in [2.05, 4.69) is 117 Å². The van der Waals surface area contributed by atoms with Gasteiger partial charge in [0.2, 0.25) is 0 Å². The maximum atomic E-state index is 6.55. The Hall–Kier alpha value is -8.18. The van der Waals surface area contributed by atoms with Gasteiger partial charge in [0.25, 0.3) is 0 Å². The van der Waals surface area contributed by atoms with Crippen LogP contribution in [0.15, 0.2) is 153 Å². The molecule has 0 spiro atoms. The second-order valence-corrected chi connectivity index (χ2v) is 18.8. The number of ether oxygens (including phenoxy) is 1. The van der Waals surface area contributed by atoms with Crippen molar-refractivity contribution in [2.75, 3.05) is 16.8 Å². The number of hydrogen-bond donors (Lipinski definition) is 1. The molecule has 5 heterocycles. The molecule has 1 N–H and O–H groups in total. The van der Waals surface area contributed by atoms with Crippen LogP contribution in [-0.4, -0.2) is 46.4 Å². The highest BCUT2D eigenvalue weighted by molar-refractivity contribution is 5.92. The zero-order valence-corrected chi connectivity index (χ0v) is 42.4. The molecule has 0 unspecified atom stereocenters. The molecule has 1 aliphatic heterocycles. The van der Waals surface area contributed by atoms with Gasteiger partial charge >= 0.3 is 0 Å². The molecule has 0 atom stereocenters. The molecule has 0 radical (unpaired) electrons. The van der Waals surface area contributed by atoms with Gasteiger partial charge in [0, 0.05) is 53.1 Å². The van der Waals surface area contributed by atoms with Gasteiger partial charge in [-0.2, -0.15) is 0 Å². The van der Waals surface area contributed by atoms with Crippen LogP contribution in [0.2, 0.25) is 0 Å². The van der Waals surface area contributed by atoms with E-state index in [-0.39, 0.29) is 0 Å². The Morgan fingerprint density at radius 1 is 0.384 bits per heavy atom. The Balaban J connectivity index is 1.18. The quantitative estimate of drug-likeness (QED) is 0.0733. The fourth-order valence-corrected chi connectivity index (χ4v) is 9.17. The van der Waals surface area contributed by atoms with Gasteiger partial charge in [-0.3, -0.25) is 34.9 Å². The molecule has 0 amide bonds. The summed E-state index contributed by atoms with van der Waals surface area (Å²) < 4.78 is 6.55. The second-order valence-electron chi connectivity index (χ2n) is 18.8. The lowest BCUT2D eigenvalue weighted by atomic mass is 9.92. The highest BCUT2D eigenvalue weighted by Gasteiger charge is 2.27. The number of nitrogens with zero attached hydrogens (tertiary/aromatic N) is 9. The number of rotatable bonds is 20. The number of aromatic nitrogens is 8. The molecule has 0 fully saturated rings. The Morgan fingerprint density at radius 3 is 1.14 bits per heavy atom. The molecule has 0 aliphatic carbocycles. The lowest BCUT2D eigenvalue weighted by Gasteiger charge is -2.33. The van der Waals surface area contributed by atoms with Gasteiger partial charge in [0.1, 0.15) is 5.82 Å². The van der Waals surface area contributed by atoms with Gasteiger partial charge in [-0.25, -0.2) is 4.98 Å². The van der Waals surface area contributed by atoms with E-state index in [1.807, 2.05) is 73.8 Å². The number of aryl methyl sites for hydroxylation is 3. The smallest absolute Gasteiger partial charge is 0.151 e. The molecule has 5 aromatic carbocycles. The minimum absolute atomic E-state index is 0.754. The summed E-state index contributed by atoms with van der Waals surface area (Å²) in [7, 11) is 0. The first-order valence-electron chi connectivity index (χ1n) is 26.1. The highest BCUT2D eigenvalue weighted by atomic mass is 16.5. The van der Waals surface area contributed by atoms with E-state index in [4.69, 9.17) is 44.6 Å². The number of fused-ring (bicyclic) bond motifs is 2. The van der Waals surface area contributed by atoms with Crippen molar-refractivity contribution in [1.82, 2.24) is 39.9 Å². The average molecular weight is 963 g/mol. The summed E-state index contributed by atoms with van der Waals surface area (Å²) in [6.07, 6.45) is 26.4. The number of para-hydroxylation sites is 4. The van der Waals surface area contributed by atoms with E-state index in [9.17, 15) is 0 Å². The van der Waals surface area contributed by atoms with Crippen LogP contribution >= 0.6 is 0 Å². The Labute approximate surface area is 429 Å². The van der Waals surface area contributed by atoms with Crippen molar-refractivity contribution in [3.05, 3.63) is 170 Å². The van der Waals surface area contributed by atoms with E-state index in [1.54, 1.807) is 0 Å². The Bertz CT molecular complexity index is 3170. The largest absolute Gasteiger partial charge is 0.453 e. The van der Waals surface area contributed by atoms with Gasteiger partial charge < -0.3 is 15.0 Å². The monoisotopic (exact) mass is 963 g/mol. The molecule has 0 bridgehead atoms. The van der Waals surface area contributed by atoms with Crippen molar-refractivity contribution in [3.8, 4) is 78.8 Å². The molecule has 0 saturated carbocycles. The predicted octanol–water partition coefficient (Wildman–Crippen LogP) is 15.7. The maximum Gasteiger partial charge on any atom is 0.151 e. The van der Waals surface area contributed by atoms with E-state index in [0.29, 0.717) is 0 Å². The van der Waals surface area contributed by atoms with E-state index in [1.165, 1.54) is 0 Å². The van der Waals surface area contributed by atoms with Crippen molar-refractivity contribution in [2.45, 2.75) is 98.3 Å². The van der Waals surface area contributed by atoms with Crippen LogP contribution in [0.25, 0.3) is 67.3 Å². The van der Waals surface area contributed by atoms with Gasteiger partial charge in [0.15, 0.2) is 11.5 Å². The van der Waals surface area contributed by atoms with Gasteiger partial charge in [-0.1, -0.05) is 77.6 Å². The number of nitrogens with one attached hydrogen (secondary N) is 1. The van der Waals surface area contributed by atoms with Crippen LogP contribution in [0, 0.1) is 0 Å². The summed E-state index contributed by atoms with van der Waals surface area (Å²) in [6.45, 7) is 9.62. The van der Waals surface area contributed by atoms with Crippen LogP contribution in [0.3, 0.4) is 0 Å². The molecule has 4 aromatic heterocycles. The minimum atomic E-state index is 0.754. The third kappa shape index (κ3) is 11.3. The average Bonchev–Trinajstić information content (AvgIpc) is 3.45. The summed E-state index contributed by atoms with van der Waals surface area (Å²) >= 11 is 0. The molecule has 10 rings (SSSR count). The first-order valence-corrected chi connectivity index (χ1v) is 26.1. The predicted molar refractivity (Wildman–Crippen MR) is 295 cm³/mol. The van der Waals surface area contributed by atoms with Crippen molar-refractivity contribution in [1.29, 1.82) is 0 Å². The summed E-state index contributed by atoms with van der Waals surface area (Å²) in [5, 5.41) is 3.42. The molecular formula is C62H62N10O. The third-order valence-electron chi connectivity index (χ3n) is 13.3. The Morgan fingerprint density at radius 2 is 0.753 bits per heavy atom. The van der Waals surface area contributed by atoms with E-state index >= 15 is 0 Å². The van der Waals surface area contributed by atoms with Crippen molar-refractivity contribution >= 4 is 22.9 Å². The number of anilines is 4. The first-order chi connectivity index (χ1) is 36.0. The molecule has 11 nitrogen and oxygen atoms in total. The first kappa shape index (κ1) is 48.4. The lowest BCUT2D eigenvalue weighted by Crippen LogP contribution is -2.15. The van der Waals surface area contributed by atoms with Crippen molar-refractivity contribution in [3.63, 3.8) is 0 Å². The van der Waals surface area contributed by atoms with Gasteiger partial charge in [-0.05, 0) is 146 Å². The summed E-state index contributed by atoms with van der Waals surface area (Å²) in [5.74, 6) is 2.30. The van der Waals surface area contributed by atoms with Crippen LogP contribution < -0.4 is 15.0 Å². The van der Waals surface area contributed by atoms with Gasteiger partial charge in [0.05, 0.1) is 82.2 Å². The molecule has 11 heteroatoms. The molecule has 1 aliphatic rings. The van der Waals surface area contributed by atoms with E-state index < -0.39 is 0 Å². The summed E-state index contributed by atoms with van der Waals surface area (Å²) in [6, 6.07) is 36.4. The van der Waals surface area contributed by atoms with Crippen LogP contribution in [-0.2, 0) is 19.3 Å². The standard InChI is InChI=1S/C62H62N10O/c1-5-9-17-50-34-67-54(37-64-50)46-26-42(27-47(30-46)55-38-65-51(35-68-55)18-10-6-2)44-25-45(33-53(32-44)72-58-20-13-15-22-60(58)73-61-23-16-14-21-59(61)72)43-28-48(56-39-66-52(36-69-56)19-11-7-3)31-49(29-43)57-40-71-62(41-70-57)63-24-12-8-4/h13-16,20-23,25-41H,5-12,17-19,24H2,1-4H3,(H,63,71). The number of unbranched alkanes of at least 4 members (excludes halogenated alkanes) is 4. The summed E-state index contributed by atoms with van der Waals surface area (Å²) in [5.41, 5.74) is 16.6. The zero-order valence-electron chi connectivity index (χ0n) is 42.4. The lowest BCUT2D eigenvalue weighted by molar-refractivity contribution is 0.477. The van der Waals surface area contributed by atoms with Crippen molar-refractivity contribution < 1.29 is 4.74 Å². The Kier molecular flexibility index (Phi) is 15.2. The summed E-state index contributed by atoms with van der Waals surface area (Å²) in [4.78, 5) is 41.7. The highest BCUT2D eigenvalue weighted by Crippen LogP contribution is 2.51.